The fourth-order valence-corrected chi connectivity index (χ4v) is 3.16. The van der Waals surface area contributed by atoms with Gasteiger partial charge < -0.3 is 24.1 Å². The quantitative estimate of drug-likeness (QED) is 0.533. The van der Waals surface area contributed by atoms with E-state index in [4.69, 9.17) is 13.7 Å². The molecule has 2 aromatic heterocycles. The highest BCUT2D eigenvalue weighted by Gasteiger charge is 2.24. The Bertz CT molecular complexity index is 1190. The largest absolute Gasteiger partial charge is 0.496 e. The maximum absolute atomic E-state index is 13.3. The predicted molar refractivity (Wildman–Crippen MR) is 103 cm³/mol. The highest BCUT2D eigenvalue weighted by atomic mass is 19.1. The standard InChI is InChI=1S/C21H17FN2O5/c1-23-21(26)19-15-9-17(27-2)14(16-7-13(10-25)29-24-16)8-18(15)28-20(19)11-3-5-12(22)6-4-11/h3-9,25H,10H2,1-2H3,(H,23,26). The molecule has 4 rings (SSSR count). The number of aliphatic hydroxyl groups excluding tert-OH is 1. The van der Waals surface area contributed by atoms with Gasteiger partial charge in [-0.2, -0.15) is 0 Å². The van der Waals surface area contributed by atoms with Gasteiger partial charge in [-0.25, -0.2) is 4.39 Å². The molecule has 0 aliphatic carbocycles. The number of rotatable bonds is 5. The lowest BCUT2D eigenvalue weighted by Crippen LogP contribution is -2.18. The van der Waals surface area contributed by atoms with Gasteiger partial charge in [0.1, 0.15) is 35.2 Å². The zero-order valence-corrected chi connectivity index (χ0v) is 15.7. The van der Waals surface area contributed by atoms with Crippen molar-refractivity contribution >= 4 is 16.9 Å². The molecule has 148 valence electrons. The second-order valence-corrected chi connectivity index (χ2v) is 6.28. The number of fused-ring (bicyclic) bond motifs is 1. The number of aromatic nitrogens is 1. The molecule has 2 aromatic carbocycles. The van der Waals surface area contributed by atoms with E-state index in [1.165, 1.54) is 26.3 Å². The van der Waals surface area contributed by atoms with E-state index >= 15 is 0 Å². The number of carbonyl (C=O) groups is 1. The minimum atomic E-state index is -0.388. The first-order valence-corrected chi connectivity index (χ1v) is 8.75. The summed E-state index contributed by atoms with van der Waals surface area (Å²) in [4.78, 5) is 12.6. The second kappa shape index (κ2) is 7.40. The molecule has 0 saturated heterocycles. The maximum Gasteiger partial charge on any atom is 0.255 e. The molecule has 0 radical (unpaired) electrons. The van der Waals surface area contributed by atoms with E-state index in [1.54, 1.807) is 30.3 Å². The Morgan fingerprint density at radius 1 is 1.24 bits per heavy atom. The molecule has 7 nitrogen and oxygen atoms in total. The van der Waals surface area contributed by atoms with Crippen LogP contribution in [0.2, 0.25) is 0 Å². The molecule has 0 aliphatic heterocycles. The third kappa shape index (κ3) is 3.23. The van der Waals surface area contributed by atoms with Crippen LogP contribution in [0.25, 0.3) is 33.6 Å². The third-order valence-corrected chi connectivity index (χ3v) is 4.56. The first kappa shape index (κ1) is 18.7. The molecular weight excluding hydrogens is 379 g/mol. The number of methoxy groups -OCH3 is 1. The van der Waals surface area contributed by atoms with E-state index in [-0.39, 0.29) is 18.3 Å². The van der Waals surface area contributed by atoms with Crippen molar-refractivity contribution in [1.82, 2.24) is 10.5 Å². The van der Waals surface area contributed by atoms with E-state index in [1.807, 2.05) is 0 Å². The average molecular weight is 396 g/mol. The van der Waals surface area contributed by atoms with Crippen LogP contribution in [0, 0.1) is 5.82 Å². The molecule has 0 fully saturated rings. The van der Waals surface area contributed by atoms with Gasteiger partial charge in [-0.05, 0) is 36.4 Å². The van der Waals surface area contributed by atoms with Crippen LogP contribution >= 0.6 is 0 Å². The Hall–Kier alpha value is -3.65. The van der Waals surface area contributed by atoms with Crippen LogP contribution < -0.4 is 10.1 Å². The van der Waals surface area contributed by atoms with E-state index in [0.29, 0.717) is 50.6 Å². The topological polar surface area (TPSA) is 97.7 Å². The van der Waals surface area contributed by atoms with Gasteiger partial charge in [0.05, 0.1) is 12.7 Å². The zero-order valence-electron chi connectivity index (χ0n) is 15.7. The Labute approximate surface area is 164 Å². The normalized spacial score (nSPS) is 11.0. The van der Waals surface area contributed by atoms with Crippen LogP contribution in [0.3, 0.4) is 0 Å². The van der Waals surface area contributed by atoms with Gasteiger partial charge in [-0.15, -0.1) is 0 Å². The maximum atomic E-state index is 13.3. The summed E-state index contributed by atoms with van der Waals surface area (Å²) in [6, 6.07) is 10.6. The molecule has 29 heavy (non-hydrogen) atoms. The number of halogens is 1. The predicted octanol–water partition coefficient (Wildman–Crippen LogP) is 3.75. The first-order valence-electron chi connectivity index (χ1n) is 8.75. The Morgan fingerprint density at radius 2 is 2.00 bits per heavy atom. The summed E-state index contributed by atoms with van der Waals surface area (Å²) in [5, 5.41) is 16.3. The molecule has 0 bridgehead atoms. The number of carbonyl (C=O) groups excluding carboxylic acids is 1. The molecule has 0 saturated carbocycles. The highest BCUT2D eigenvalue weighted by Crippen LogP contribution is 2.40. The molecular formula is C21H17FN2O5. The summed E-state index contributed by atoms with van der Waals surface area (Å²) in [6.45, 7) is -0.284. The Balaban J connectivity index is 1.97. The monoisotopic (exact) mass is 396 g/mol. The summed E-state index contributed by atoms with van der Waals surface area (Å²) in [7, 11) is 3.02. The number of hydrogen-bond acceptors (Lipinski definition) is 6. The lowest BCUT2D eigenvalue weighted by molar-refractivity contribution is 0.0964. The van der Waals surface area contributed by atoms with E-state index in [2.05, 4.69) is 10.5 Å². The van der Waals surface area contributed by atoms with Gasteiger partial charge in [-0.3, -0.25) is 4.79 Å². The number of hydrogen-bond donors (Lipinski definition) is 2. The van der Waals surface area contributed by atoms with Crippen molar-refractivity contribution in [3.05, 3.63) is 59.6 Å². The lowest BCUT2D eigenvalue weighted by atomic mass is 10.0. The van der Waals surface area contributed by atoms with Crippen LogP contribution in [0.15, 0.2) is 51.4 Å². The van der Waals surface area contributed by atoms with Crippen molar-refractivity contribution in [1.29, 1.82) is 0 Å². The van der Waals surface area contributed by atoms with Crippen molar-refractivity contribution in [2.75, 3.05) is 14.2 Å². The number of amides is 1. The fraction of sp³-hybridized carbons (Fsp3) is 0.143. The highest BCUT2D eigenvalue weighted by molar-refractivity contribution is 6.12. The van der Waals surface area contributed by atoms with Crippen molar-refractivity contribution in [2.24, 2.45) is 0 Å². The second-order valence-electron chi connectivity index (χ2n) is 6.28. The van der Waals surface area contributed by atoms with Crippen molar-refractivity contribution < 1.29 is 28.0 Å². The van der Waals surface area contributed by atoms with Crippen molar-refractivity contribution in [2.45, 2.75) is 6.61 Å². The minimum Gasteiger partial charge on any atom is -0.496 e. The molecule has 2 N–H and O–H groups in total. The Morgan fingerprint density at radius 3 is 2.62 bits per heavy atom. The average Bonchev–Trinajstić information content (AvgIpc) is 3.37. The number of ether oxygens (including phenoxy) is 1. The number of furan rings is 1. The smallest absolute Gasteiger partial charge is 0.255 e. The van der Waals surface area contributed by atoms with Gasteiger partial charge >= 0.3 is 0 Å². The summed E-state index contributed by atoms with van der Waals surface area (Å²) < 4.78 is 29.9. The van der Waals surface area contributed by atoms with Gasteiger partial charge in [0.25, 0.3) is 5.91 Å². The first-order chi connectivity index (χ1) is 14.0. The van der Waals surface area contributed by atoms with Crippen LogP contribution in [-0.2, 0) is 6.61 Å². The van der Waals surface area contributed by atoms with Crippen LogP contribution in [-0.4, -0.2) is 30.3 Å². The molecule has 8 heteroatoms. The molecule has 0 unspecified atom stereocenters. The lowest BCUT2D eigenvalue weighted by Gasteiger charge is -2.06. The number of benzene rings is 2. The van der Waals surface area contributed by atoms with E-state index in [9.17, 15) is 14.3 Å². The molecule has 4 aromatic rings. The number of nitrogens with one attached hydrogen (secondary N) is 1. The summed E-state index contributed by atoms with van der Waals surface area (Å²) in [5.74, 6) is 0.337. The number of aliphatic hydroxyl groups is 1. The zero-order chi connectivity index (χ0) is 20.5. The minimum absolute atomic E-state index is 0.284. The fourth-order valence-electron chi connectivity index (χ4n) is 3.16. The van der Waals surface area contributed by atoms with Crippen LogP contribution in [0.5, 0.6) is 5.75 Å². The summed E-state index contributed by atoms with van der Waals surface area (Å²) >= 11 is 0. The van der Waals surface area contributed by atoms with Crippen molar-refractivity contribution in [3.8, 4) is 28.3 Å². The molecule has 1 amide bonds. The molecule has 0 spiro atoms. The van der Waals surface area contributed by atoms with E-state index in [0.717, 1.165) is 0 Å². The van der Waals surface area contributed by atoms with E-state index < -0.39 is 0 Å². The third-order valence-electron chi connectivity index (χ3n) is 4.56. The van der Waals surface area contributed by atoms with Crippen LogP contribution in [0.1, 0.15) is 16.1 Å². The van der Waals surface area contributed by atoms with Gasteiger partial charge in [0, 0.05) is 29.6 Å². The number of nitrogens with zero attached hydrogens (tertiary/aromatic N) is 1. The molecule has 0 aliphatic rings. The van der Waals surface area contributed by atoms with Gasteiger partial charge in [0.2, 0.25) is 0 Å². The van der Waals surface area contributed by atoms with Crippen molar-refractivity contribution in [3.63, 3.8) is 0 Å². The molecule has 2 heterocycles. The van der Waals surface area contributed by atoms with Gasteiger partial charge in [0.15, 0.2) is 5.76 Å². The Kier molecular flexibility index (Phi) is 4.77. The van der Waals surface area contributed by atoms with Crippen LogP contribution in [0.4, 0.5) is 4.39 Å². The summed E-state index contributed by atoms with van der Waals surface area (Å²) in [6.07, 6.45) is 0. The summed E-state index contributed by atoms with van der Waals surface area (Å²) in [5.41, 5.74) is 2.33. The SMILES string of the molecule is CNC(=O)c1c(-c2ccc(F)cc2)oc2cc(-c3cc(CO)on3)c(OC)cc12. The molecule has 0 atom stereocenters. The van der Waals surface area contributed by atoms with Gasteiger partial charge in [-0.1, -0.05) is 5.16 Å².